The summed E-state index contributed by atoms with van der Waals surface area (Å²) in [7, 11) is 2.18. The van der Waals surface area contributed by atoms with Gasteiger partial charge in [0.2, 0.25) is 0 Å². The van der Waals surface area contributed by atoms with Crippen LogP contribution in [0.25, 0.3) is 0 Å². The first kappa shape index (κ1) is 12.9. The number of hydrogen-bond acceptors (Lipinski definition) is 3. The maximum Gasteiger partial charge on any atom is 0.0448 e. The van der Waals surface area contributed by atoms with Crippen molar-refractivity contribution in [3.8, 4) is 0 Å². The predicted molar refractivity (Wildman–Crippen MR) is 64.0 cm³/mol. The third-order valence-corrected chi connectivity index (χ3v) is 3.88. The zero-order valence-corrected chi connectivity index (χ0v) is 10.6. The third kappa shape index (κ3) is 3.44. The lowest BCUT2D eigenvalue weighted by molar-refractivity contribution is 0.202. The molecule has 0 radical (unpaired) electrons. The van der Waals surface area contributed by atoms with Gasteiger partial charge in [0.15, 0.2) is 0 Å². The summed E-state index contributed by atoms with van der Waals surface area (Å²) in [5.74, 6) is 0. The van der Waals surface area contributed by atoms with Crippen molar-refractivity contribution in [1.29, 1.82) is 0 Å². The van der Waals surface area contributed by atoms with Crippen LogP contribution >= 0.6 is 0 Å². The van der Waals surface area contributed by atoms with E-state index in [1.807, 2.05) is 0 Å². The predicted octanol–water partition coefficient (Wildman–Crippen LogP) is 1.22. The van der Waals surface area contributed by atoms with E-state index in [9.17, 15) is 0 Å². The second-order valence-corrected chi connectivity index (χ2v) is 5.25. The van der Waals surface area contributed by atoms with Crippen molar-refractivity contribution in [2.24, 2.45) is 0 Å². The van der Waals surface area contributed by atoms with E-state index in [-0.39, 0.29) is 12.1 Å². The van der Waals surface area contributed by atoms with E-state index in [1.165, 1.54) is 6.42 Å². The minimum absolute atomic E-state index is 0.102. The zero-order chi connectivity index (χ0) is 11.5. The van der Waals surface area contributed by atoms with Crippen molar-refractivity contribution < 1.29 is 5.11 Å². The Labute approximate surface area is 93.9 Å². The fraction of sp³-hybridized carbons (Fsp3) is 1.00. The molecule has 0 saturated carbocycles. The van der Waals surface area contributed by atoms with Gasteiger partial charge in [-0.25, -0.2) is 0 Å². The van der Waals surface area contributed by atoms with Gasteiger partial charge in [-0.2, -0.15) is 0 Å². The first-order valence-corrected chi connectivity index (χ1v) is 6.09. The fourth-order valence-electron chi connectivity index (χ4n) is 2.39. The molecule has 1 rings (SSSR count). The van der Waals surface area contributed by atoms with Crippen LogP contribution in [-0.2, 0) is 0 Å². The van der Waals surface area contributed by atoms with Crippen LogP contribution in [0.1, 0.15) is 40.0 Å². The highest BCUT2D eigenvalue weighted by Crippen LogP contribution is 2.21. The number of likely N-dealkylation sites (N-methyl/N-ethyl adjacent to an activating group) is 1. The Morgan fingerprint density at radius 2 is 2.20 bits per heavy atom. The van der Waals surface area contributed by atoms with Gasteiger partial charge in [-0.05, 0) is 40.2 Å². The summed E-state index contributed by atoms with van der Waals surface area (Å²) in [6, 6.07) is 1.26. The summed E-state index contributed by atoms with van der Waals surface area (Å²) >= 11 is 0. The number of rotatable bonds is 5. The van der Waals surface area contributed by atoms with Crippen LogP contribution in [0.4, 0.5) is 0 Å². The second kappa shape index (κ2) is 5.28. The number of aliphatic hydroxyl groups excluding tert-OH is 1. The number of nitrogens with one attached hydrogen (secondary N) is 1. The number of likely N-dealkylation sites (tertiary alicyclic amines) is 1. The van der Waals surface area contributed by atoms with Gasteiger partial charge in [-0.1, -0.05) is 6.92 Å². The van der Waals surface area contributed by atoms with E-state index >= 15 is 0 Å². The standard InChI is InChI=1S/C12H26N2O/c1-5-12(3,6-7-15)13-11-8-10(2)14(4)9-11/h10-11,13,15H,5-9H2,1-4H3. The summed E-state index contributed by atoms with van der Waals surface area (Å²) < 4.78 is 0. The molecule has 1 aliphatic heterocycles. The average molecular weight is 214 g/mol. The van der Waals surface area contributed by atoms with Crippen LogP contribution < -0.4 is 5.32 Å². The van der Waals surface area contributed by atoms with Crippen molar-refractivity contribution in [2.45, 2.75) is 57.7 Å². The van der Waals surface area contributed by atoms with Crippen LogP contribution in [0.15, 0.2) is 0 Å². The Kier molecular flexibility index (Phi) is 4.56. The van der Waals surface area contributed by atoms with Gasteiger partial charge in [-0.15, -0.1) is 0 Å². The van der Waals surface area contributed by atoms with E-state index in [1.54, 1.807) is 0 Å². The topological polar surface area (TPSA) is 35.5 Å². The first-order valence-electron chi connectivity index (χ1n) is 6.09. The highest BCUT2D eigenvalue weighted by molar-refractivity contribution is 4.92. The van der Waals surface area contributed by atoms with Crippen molar-refractivity contribution >= 4 is 0 Å². The van der Waals surface area contributed by atoms with Crippen LogP contribution in [0.3, 0.4) is 0 Å². The monoisotopic (exact) mass is 214 g/mol. The maximum atomic E-state index is 9.06. The minimum Gasteiger partial charge on any atom is -0.396 e. The summed E-state index contributed by atoms with van der Waals surface area (Å²) in [6.07, 6.45) is 3.14. The molecule has 0 aromatic rings. The Balaban J connectivity index is 2.46. The molecule has 0 aromatic heterocycles. The van der Waals surface area contributed by atoms with Crippen LogP contribution in [-0.4, -0.2) is 47.8 Å². The van der Waals surface area contributed by atoms with Crippen LogP contribution in [0, 0.1) is 0 Å². The third-order valence-electron chi connectivity index (χ3n) is 3.88. The summed E-state index contributed by atoms with van der Waals surface area (Å²) in [6.45, 7) is 8.08. The molecule has 1 saturated heterocycles. The lowest BCUT2D eigenvalue weighted by Gasteiger charge is -2.32. The van der Waals surface area contributed by atoms with Crippen LogP contribution in [0.2, 0.25) is 0 Å². The van der Waals surface area contributed by atoms with Crippen molar-refractivity contribution in [3.05, 3.63) is 0 Å². The van der Waals surface area contributed by atoms with Gasteiger partial charge in [-0.3, -0.25) is 0 Å². The van der Waals surface area contributed by atoms with Crippen molar-refractivity contribution in [2.75, 3.05) is 20.2 Å². The molecule has 90 valence electrons. The number of aliphatic hydroxyl groups is 1. The Hall–Kier alpha value is -0.120. The zero-order valence-electron chi connectivity index (χ0n) is 10.6. The smallest absolute Gasteiger partial charge is 0.0448 e. The largest absolute Gasteiger partial charge is 0.396 e. The molecule has 0 spiro atoms. The number of hydrogen-bond donors (Lipinski definition) is 2. The maximum absolute atomic E-state index is 9.06. The molecule has 0 aromatic carbocycles. The molecule has 0 aliphatic carbocycles. The van der Waals surface area contributed by atoms with Crippen molar-refractivity contribution in [1.82, 2.24) is 10.2 Å². The Morgan fingerprint density at radius 1 is 1.53 bits per heavy atom. The van der Waals surface area contributed by atoms with E-state index in [0.717, 1.165) is 19.4 Å². The molecule has 1 heterocycles. The molecule has 0 amide bonds. The highest BCUT2D eigenvalue weighted by atomic mass is 16.3. The van der Waals surface area contributed by atoms with Crippen LogP contribution in [0.5, 0.6) is 0 Å². The summed E-state index contributed by atoms with van der Waals surface area (Å²) in [5.41, 5.74) is 0.102. The van der Waals surface area contributed by atoms with Gasteiger partial charge < -0.3 is 15.3 Å². The Bertz CT molecular complexity index is 188. The molecule has 3 unspecified atom stereocenters. The van der Waals surface area contributed by atoms with Gasteiger partial charge in [0, 0.05) is 30.8 Å². The quantitative estimate of drug-likeness (QED) is 0.722. The first-order chi connectivity index (χ1) is 7.00. The minimum atomic E-state index is 0.102. The molecule has 3 heteroatoms. The molecule has 0 bridgehead atoms. The van der Waals surface area contributed by atoms with Crippen molar-refractivity contribution in [3.63, 3.8) is 0 Å². The van der Waals surface area contributed by atoms with E-state index in [2.05, 4.69) is 38.0 Å². The number of nitrogens with zero attached hydrogens (tertiary/aromatic N) is 1. The highest BCUT2D eigenvalue weighted by Gasteiger charge is 2.31. The molecule has 15 heavy (non-hydrogen) atoms. The SMILES string of the molecule is CCC(C)(CCO)NC1CC(C)N(C)C1. The molecule has 3 nitrogen and oxygen atoms in total. The average Bonchev–Trinajstić information content (AvgIpc) is 2.46. The molecular formula is C12H26N2O. The molecule has 2 N–H and O–H groups in total. The molecule has 1 fully saturated rings. The molecule has 1 aliphatic rings. The molecule has 3 atom stereocenters. The van der Waals surface area contributed by atoms with Gasteiger partial charge >= 0.3 is 0 Å². The van der Waals surface area contributed by atoms with E-state index < -0.39 is 0 Å². The van der Waals surface area contributed by atoms with Gasteiger partial charge in [0.1, 0.15) is 0 Å². The normalized spacial score (nSPS) is 31.8. The second-order valence-electron chi connectivity index (χ2n) is 5.25. The lowest BCUT2D eigenvalue weighted by Crippen LogP contribution is -2.49. The van der Waals surface area contributed by atoms with E-state index in [0.29, 0.717) is 12.1 Å². The Morgan fingerprint density at radius 3 is 2.60 bits per heavy atom. The van der Waals surface area contributed by atoms with E-state index in [4.69, 9.17) is 5.11 Å². The lowest BCUT2D eigenvalue weighted by atomic mass is 9.93. The van der Waals surface area contributed by atoms with Gasteiger partial charge in [0.25, 0.3) is 0 Å². The summed E-state index contributed by atoms with van der Waals surface area (Å²) in [5, 5.41) is 12.8. The van der Waals surface area contributed by atoms with Gasteiger partial charge in [0.05, 0.1) is 0 Å². The summed E-state index contributed by atoms with van der Waals surface area (Å²) in [4.78, 5) is 2.40. The fourth-order valence-corrected chi connectivity index (χ4v) is 2.39. The molecular weight excluding hydrogens is 188 g/mol.